The zero-order valence-corrected chi connectivity index (χ0v) is 26.6. The standard InChI is InChI=1S/C35H43N3O5S/c1-25(2)30-17-16-26(3)22-33(30)43-35(40)31-14-7-8-15-32(31)36-34(39)28-12-9-13-29(23-28)44(41,42)38-20-18-37(19-21-38)24-27-10-5-4-6-11-27/h4-15,23,25-26,30,33H,16-22,24H2,1-3H3,(H,36,39)/t26-,30+,33+/m1/s1. The number of amides is 1. The van der Waals surface area contributed by atoms with Gasteiger partial charge in [-0.2, -0.15) is 4.31 Å². The summed E-state index contributed by atoms with van der Waals surface area (Å²) in [5, 5.41) is 2.82. The van der Waals surface area contributed by atoms with E-state index in [2.05, 4.69) is 43.1 Å². The van der Waals surface area contributed by atoms with Crippen molar-refractivity contribution in [2.24, 2.45) is 17.8 Å². The van der Waals surface area contributed by atoms with Gasteiger partial charge in [-0.1, -0.05) is 75.7 Å². The van der Waals surface area contributed by atoms with Gasteiger partial charge in [0.15, 0.2) is 0 Å². The van der Waals surface area contributed by atoms with E-state index in [0.29, 0.717) is 49.6 Å². The van der Waals surface area contributed by atoms with Crippen LogP contribution in [-0.2, 0) is 21.3 Å². The van der Waals surface area contributed by atoms with Crippen molar-refractivity contribution in [2.45, 2.75) is 57.6 Å². The first-order chi connectivity index (χ1) is 21.1. The average molecular weight is 618 g/mol. The van der Waals surface area contributed by atoms with Crippen LogP contribution in [0.1, 0.15) is 66.3 Å². The summed E-state index contributed by atoms with van der Waals surface area (Å²) in [4.78, 5) is 29.0. The molecule has 1 saturated heterocycles. The van der Waals surface area contributed by atoms with Crippen molar-refractivity contribution in [2.75, 3.05) is 31.5 Å². The number of ether oxygens (including phenoxy) is 1. The molecule has 1 aliphatic carbocycles. The molecule has 1 saturated carbocycles. The maximum atomic E-state index is 13.5. The van der Waals surface area contributed by atoms with E-state index in [9.17, 15) is 18.0 Å². The highest BCUT2D eigenvalue weighted by Crippen LogP contribution is 2.36. The molecule has 234 valence electrons. The summed E-state index contributed by atoms with van der Waals surface area (Å²) < 4.78 is 34.6. The number of nitrogens with one attached hydrogen (secondary N) is 1. The molecule has 2 fully saturated rings. The van der Waals surface area contributed by atoms with Crippen LogP contribution in [0.3, 0.4) is 0 Å². The molecule has 0 unspecified atom stereocenters. The maximum absolute atomic E-state index is 13.5. The van der Waals surface area contributed by atoms with Crippen LogP contribution in [0.4, 0.5) is 5.69 Å². The number of sulfonamides is 1. The molecule has 0 radical (unpaired) electrons. The van der Waals surface area contributed by atoms with Crippen molar-refractivity contribution in [3.63, 3.8) is 0 Å². The Morgan fingerprint density at radius 1 is 0.909 bits per heavy atom. The lowest BCUT2D eigenvalue weighted by Crippen LogP contribution is -2.48. The van der Waals surface area contributed by atoms with Gasteiger partial charge in [0.1, 0.15) is 6.10 Å². The summed E-state index contributed by atoms with van der Waals surface area (Å²) in [6, 6.07) is 23.0. The zero-order chi connectivity index (χ0) is 31.3. The lowest BCUT2D eigenvalue weighted by atomic mass is 9.75. The number of hydrogen-bond donors (Lipinski definition) is 1. The van der Waals surface area contributed by atoms with Gasteiger partial charge in [-0.3, -0.25) is 9.69 Å². The number of hydrogen-bond acceptors (Lipinski definition) is 6. The number of anilines is 1. The van der Waals surface area contributed by atoms with E-state index in [1.807, 2.05) is 18.2 Å². The summed E-state index contributed by atoms with van der Waals surface area (Å²) >= 11 is 0. The van der Waals surface area contributed by atoms with Crippen molar-refractivity contribution in [1.29, 1.82) is 0 Å². The highest BCUT2D eigenvalue weighted by Gasteiger charge is 2.34. The molecule has 0 bridgehead atoms. The quantitative estimate of drug-likeness (QED) is 0.293. The lowest BCUT2D eigenvalue weighted by molar-refractivity contribution is -0.0173. The van der Waals surface area contributed by atoms with Gasteiger partial charge >= 0.3 is 5.97 Å². The van der Waals surface area contributed by atoms with Crippen LogP contribution in [0.2, 0.25) is 0 Å². The molecule has 9 heteroatoms. The van der Waals surface area contributed by atoms with Crippen molar-refractivity contribution in [3.8, 4) is 0 Å². The summed E-state index contributed by atoms with van der Waals surface area (Å²) in [7, 11) is -3.79. The van der Waals surface area contributed by atoms with Crippen LogP contribution in [0.5, 0.6) is 0 Å². The van der Waals surface area contributed by atoms with Gasteiger partial charge in [0.05, 0.1) is 16.1 Å². The number of rotatable bonds is 9. The van der Waals surface area contributed by atoms with Crippen molar-refractivity contribution in [1.82, 2.24) is 9.21 Å². The second-order valence-corrected chi connectivity index (χ2v) is 14.4. The van der Waals surface area contributed by atoms with E-state index in [4.69, 9.17) is 4.74 Å². The molecule has 2 aliphatic rings. The number of nitrogens with zero attached hydrogens (tertiary/aromatic N) is 2. The molecule has 8 nitrogen and oxygen atoms in total. The van der Waals surface area contributed by atoms with Crippen molar-refractivity contribution in [3.05, 3.63) is 95.6 Å². The molecule has 44 heavy (non-hydrogen) atoms. The van der Waals surface area contributed by atoms with E-state index in [0.717, 1.165) is 25.8 Å². The fourth-order valence-electron chi connectivity index (χ4n) is 6.33. The van der Waals surface area contributed by atoms with Gasteiger partial charge in [0, 0.05) is 38.3 Å². The Kier molecular flexibility index (Phi) is 10.2. The van der Waals surface area contributed by atoms with Crippen LogP contribution in [-0.4, -0.2) is 61.8 Å². The third kappa shape index (κ3) is 7.57. The molecule has 1 aliphatic heterocycles. The van der Waals surface area contributed by atoms with E-state index in [1.165, 1.54) is 22.0 Å². The summed E-state index contributed by atoms with van der Waals surface area (Å²) in [6.45, 7) is 9.28. The number of benzene rings is 3. The fraction of sp³-hybridized carbons (Fsp3) is 0.429. The van der Waals surface area contributed by atoms with Crippen LogP contribution >= 0.6 is 0 Å². The number of piperazine rings is 1. The topological polar surface area (TPSA) is 96.0 Å². The van der Waals surface area contributed by atoms with Crippen molar-refractivity contribution < 1.29 is 22.7 Å². The Bertz CT molecular complexity index is 1550. The number of carbonyl (C=O) groups excluding carboxylic acids is 2. The van der Waals surface area contributed by atoms with Crippen LogP contribution in [0, 0.1) is 17.8 Å². The molecule has 3 aromatic rings. The van der Waals surface area contributed by atoms with E-state index >= 15 is 0 Å². The molecule has 1 amide bonds. The predicted octanol–water partition coefficient (Wildman–Crippen LogP) is 6.06. The average Bonchev–Trinajstić information content (AvgIpc) is 3.02. The molecule has 1 N–H and O–H groups in total. The van der Waals surface area contributed by atoms with Gasteiger partial charge in [-0.25, -0.2) is 13.2 Å². The first-order valence-corrected chi connectivity index (χ1v) is 17.0. The Morgan fingerprint density at radius 3 is 2.34 bits per heavy atom. The molecule has 3 aromatic carbocycles. The number of carbonyl (C=O) groups is 2. The highest BCUT2D eigenvalue weighted by molar-refractivity contribution is 7.89. The predicted molar refractivity (Wildman–Crippen MR) is 172 cm³/mol. The monoisotopic (exact) mass is 617 g/mol. The van der Waals surface area contributed by atoms with Gasteiger partial charge in [-0.05, 0) is 66.5 Å². The lowest BCUT2D eigenvalue weighted by Gasteiger charge is -2.36. The minimum absolute atomic E-state index is 0.0699. The molecule has 3 atom stereocenters. The number of para-hydroxylation sites is 1. The Morgan fingerprint density at radius 2 is 1.61 bits per heavy atom. The van der Waals surface area contributed by atoms with E-state index in [-0.39, 0.29) is 22.1 Å². The van der Waals surface area contributed by atoms with E-state index in [1.54, 1.807) is 36.4 Å². The first kappa shape index (κ1) is 31.9. The third-order valence-electron chi connectivity index (χ3n) is 8.93. The second kappa shape index (κ2) is 14.1. The number of esters is 1. The molecular formula is C35H43N3O5S. The SMILES string of the molecule is CC(C)[C@@H]1CC[C@@H](C)C[C@@H]1OC(=O)c1ccccc1NC(=O)c1cccc(S(=O)(=O)N2CCN(Cc3ccccc3)CC2)c1. The summed E-state index contributed by atoms with van der Waals surface area (Å²) in [5.41, 5.74) is 1.99. The summed E-state index contributed by atoms with van der Waals surface area (Å²) in [5.74, 6) is 0.222. The minimum atomic E-state index is -3.79. The van der Waals surface area contributed by atoms with Gasteiger partial charge < -0.3 is 10.1 Å². The first-order valence-electron chi connectivity index (χ1n) is 15.6. The highest BCUT2D eigenvalue weighted by atomic mass is 32.2. The van der Waals surface area contributed by atoms with Crippen LogP contribution < -0.4 is 5.32 Å². The van der Waals surface area contributed by atoms with Crippen LogP contribution in [0.25, 0.3) is 0 Å². The molecule has 0 aromatic heterocycles. The van der Waals surface area contributed by atoms with Crippen LogP contribution in [0.15, 0.2) is 83.8 Å². The molecule has 1 heterocycles. The molecule has 5 rings (SSSR count). The Hall–Kier alpha value is -3.53. The van der Waals surface area contributed by atoms with Gasteiger partial charge in [0.2, 0.25) is 10.0 Å². The third-order valence-corrected chi connectivity index (χ3v) is 10.8. The largest absolute Gasteiger partial charge is 0.458 e. The van der Waals surface area contributed by atoms with E-state index < -0.39 is 21.9 Å². The second-order valence-electron chi connectivity index (χ2n) is 12.5. The molecular weight excluding hydrogens is 574 g/mol. The van der Waals surface area contributed by atoms with Gasteiger partial charge in [-0.15, -0.1) is 0 Å². The minimum Gasteiger partial charge on any atom is -0.458 e. The van der Waals surface area contributed by atoms with Crippen molar-refractivity contribution >= 4 is 27.6 Å². The molecule has 0 spiro atoms. The normalized spacial score (nSPS) is 21.6. The summed E-state index contributed by atoms with van der Waals surface area (Å²) in [6.07, 6.45) is 2.81. The Labute approximate surface area is 261 Å². The Balaban J connectivity index is 1.25. The maximum Gasteiger partial charge on any atom is 0.340 e. The van der Waals surface area contributed by atoms with Gasteiger partial charge in [0.25, 0.3) is 5.91 Å². The fourth-order valence-corrected chi connectivity index (χ4v) is 7.80. The zero-order valence-electron chi connectivity index (χ0n) is 25.8. The smallest absolute Gasteiger partial charge is 0.340 e.